The molecule has 0 spiro atoms. The monoisotopic (exact) mass is 294 g/mol. The van der Waals surface area contributed by atoms with Gasteiger partial charge >= 0.3 is 0 Å². The van der Waals surface area contributed by atoms with Crippen molar-refractivity contribution < 1.29 is 8.42 Å². The van der Waals surface area contributed by atoms with E-state index < -0.39 is 9.84 Å². The highest BCUT2D eigenvalue weighted by Gasteiger charge is 2.25. The van der Waals surface area contributed by atoms with Crippen LogP contribution in [0.2, 0.25) is 0 Å². The van der Waals surface area contributed by atoms with Gasteiger partial charge in [0.05, 0.1) is 9.79 Å². The Labute approximate surface area is 119 Å². The van der Waals surface area contributed by atoms with E-state index in [1.807, 2.05) is 46.8 Å². The number of aryl methyl sites for hydroxylation is 5. The van der Waals surface area contributed by atoms with Crippen LogP contribution in [0.15, 0.2) is 28.0 Å². The number of thiophene rings is 1. The summed E-state index contributed by atoms with van der Waals surface area (Å²) in [5, 5.41) is 0. The topological polar surface area (TPSA) is 34.1 Å². The Kier molecular flexibility index (Phi) is 3.58. The molecule has 0 fully saturated rings. The summed E-state index contributed by atoms with van der Waals surface area (Å²) in [6.45, 7) is 9.51. The molecule has 4 heteroatoms. The van der Waals surface area contributed by atoms with E-state index in [1.54, 1.807) is 6.07 Å². The molecular weight excluding hydrogens is 276 g/mol. The van der Waals surface area contributed by atoms with Crippen LogP contribution in [0.4, 0.5) is 0 Å². The Balaban J connectivity index is 2.74. The van der Waals surface area contributed by atoms with Crippen LogP contribution in [-0.4, -0.2) is 8.42 Å². The number of rotatable bonds is 2. The molecule has 1 aromatic carbocycles. The van der Waals surface area contributed by atoms with Crippen molar-refractivity contribution in [3.05, 3.63) is 44.6 Å². The lowest BCUT2D eigenvalue weighted by molar-refractivity contribution is 0.594. The number of benzene rings is 1. The molecule has 2 nitrogen and oxygen atoms in total. The van der Waals surface area contributed by atoms with Crippen molar-refractivity contribution >= 4 is 21.2 Å². The lowest BCUT2D eigenvalue weighted by atomic mass is 10.1. The van der Waals surface area contributed by atoms with Crippen molar-refractivity contribution in [2.45, 2.75) is 44.4 Å². The average Bonchev–Trinajstić information content (AvgIpc) is 2.56. The van der Waals surface area contributed by atoms with Crippen LogP contribution in [0.25, 0.3) is 0 Å². The zero-order chi connectivity index (χ0) is 14.4. The maximum absolute atomic E-state index is 12.8. The van der Waals surface area contributed by atoms with Gasteiger partial charge in [-0.2, -0.15) is 0 Å². The Hall–Kier alpha value is -1.13. The SMILES string of the molecule is Cc1cc(C)c(S(=O)(=O)c2cc(C)sc2C)c(C)c1. The van der Waals surface area contributed by atoms with Gasteiger partial charge in [0.2, 0.25) is 9.84 Å². The number of hydrogen-bond donors (Lipinski definition) is 0. The minimum atomic E-state index is -3.42. The maximum atomic E-state index is 12.8. The molecule has 0 atom stereocenters. The van der Waals surface area contributed by atoms with Crippen molar-refractivity contribution in [1.82, 2.24) is 0 Å². The largest absolute Gasteiger partial charge is 0.218 e. The van der Waals surface area contributed by atoms with Crippen molar-refractivity contribution in [1.29, 1.82) is 0 Å². The van der Waals surface area contributed by atoms with Crippen LogP contribution < -0.4 is 0 Å². The molecule has 0 unspecified atom stereocenters. The first-order valence-electron chi connectivity index (χ1n) is 6.13. The quantitative estimate of drug-likeness (QED) is 0.835. The first-order chi connectivity index (χ1) is 8.73. The molecule has 0 aliphatic heterocycles. The highest BCUT2D eigenvalue weighted by atomic mass is 32.2. The van der Waals surface area contributed by atoms with E-state index >= 15 is 0 Å². The van der Waals surface area contributed by atoms with E-state index in [0.717, 1.165) is 26.4 Å². The molecule has 2 rings (SSSR count). The molecule has 0 saturated heterocycles. The third-order valence-corrected chi connectivity index (χ3v) is 6.44. The van der Waals surface area contributed by atoms with Crippen LogP contribution in [-0.2, 0) is 9.84 Å². The van der Waals surface area contributed by atoms with Crippen molar-refractivity contribution in [2.75, 3.05) is 0 Å². The molecule has 0 radical (unpaired) electrons. The summed E-state index contributed by atoms with van der Waals surface area (Å²) in [4.78, 5) is 2.79. The minimum absolute atomic E-state index is 0.449. The molecule has 19 heavy (non-hydrogen) atoms. The Morgan fingerprint density at radius 3 is 1.84 bits per heavy atom. The molecule has 1 aromatic heterocycles. The summed E-state index contributed by atoms with van der Waals surface area (Å²) in [6, 6.07) is 5.62. The molecule has 0 aliphatic rings. The molecule has 0 saturated carbocycles. The third-order valence-electron chi connectivity index (χ3n) is 3.16. The standard InChI is InChI=1S/C15H18O2S2/c1-9-6-10(2)15(11(3)7-9)19(16,17)14-8-12(4)18-13(14)5/h6-8H,1-5H3. The van der Waals surface area contributed by atoms with Crippen molar-refractivity contribution in [3.8, 4) is 0 Å². The van der Waals surface area contributed by atoms with Crippen LogP contribution in [0.3, 0.4) is 0 Å². The highest BCUT2D eigenvalue weighted by molar-refractivity contribution is 7.91. The Morgan fingerprint density at radius 2 is 1.42 bits per heavy atom. The lowest BCUT2D eigenvalue weighted by Gasteiger charge is -2.12. The smallest absolute Gasteiger partial charge is 0.208 e. The molecule has 102 valence electrons. The van der Waals surface area contributed by atoms with Crippen molar-refractivity contribution in [2.24, 2.45) is 0 Å². The molecule has 1 heterocycles. The fraction of sp³-hybridized carbons (Fsp3) is 0.333. The molecule has 0 N–H and O–H groups in total. The van der Waals surface area contributed by atoms with Crippen LogP contribution in [0, 0.1) is 34.6 Å². The summed E-state index contributed by atoms with van der Waals surface area (Å²) in [5.41, 5.74) is 2.73. The summed E-state index contributed by atoms with van der Waals surface area (Å²) in [5.74, 6) is 0. The van der Waals surface area contributed by atoms with E-state index in [0.29, 0.717) is 9.79 Å². The fourth-order valence-corrected chi connectivity index (χ4v) is 5.82. The van der Waals surface area contributed by atoms with E-state index in [9.17, 15) is 8.42 Å². The normalized spacial score (nSPS) is 11.8. The van der Waals surface area contributed by atoms with Crippen LogP contribution in [0.1, 0.15) is 26.4 Å². The molecule has 0 bridgehead atoms. The molecule has 2 aromatic rings. The van der Waals surface area contributed by atoms with Gasteiger partial charge in [0.15, 0.2) is 0 Å². The first-order valence-corrected chi connectivity index (χ1v) is 8.43. The van der Waals surface area contributed by atoms with Gasteiger partial charge in [0.1, 0.15) is 0 Å². The summed E-state index contributed by atoms with van der Waals surface area (Å²) in [6.07, 6.45) is 0. The zero-order valence-electron chi connectivity index (χ0n) is 11.9. The van der Waals surface area contributed by atoms with Gasteiger partial charge in [-0.25, -0.2) is 8.42 Å². The highest BCUT2D eigenvalue weighted by Crippen LogP contribution is 2.33. The second-order valence-corrected chi connectivity index (χ2v) is 8.32. The van der Waals surface area contributed by atoms with E-state index in [1.165, 1.54) is 11.3 Å². The average molecular weight is 294 g/mol. The predicted octanol–water partition coefficient (Wildman–Crippen LogP) is 4.12. The van der Waals surface area contributed by atoms with Gasteiger partial charge in [-0.3, -0.25) is 0 Å². The maximum Gasteiger partial charge on any atom is 0.208 e. The van der Waals surface area contributed by atoms with Gasteiger partial charge in [-0.05, 0) is 51.8 Å². The van der Waals surface area contributed by atoms with E-state index in [4.69, 9.17) is 0 Å². The first kappa shape index (κ1) is 14.3. The minimum Gasteiger partial charge on any atom is -0.218 e. The van der Waals surface area contributed by atoms with Crippen molar-refractivity contribution in [3.63, 3.8) is 0 Å². The Bertz CT molecular complexity index is 714. The number of sulfone groups is 1. The molecule has 0 amide bonds. The zero-order valence-corrected chi connectivity index (χ0v) is 13.5. The molecular formula is C15H18O2S2. The van der Waals surface area contributed by atoms with Gasteiger partial charge < -0.3 is 0 Å². The lowest BCUT2D eigenvalue weighted by Crippen LogP contribution is -2.07. The molecule has 0 aliphatic carbocycles. The Morgan fingerprint density at radius 1 is 0.895 bits per heavy atom. The van der Waals surface area contributed by atoms with Gasteiger partial charge in [-0.1, -0.05) is 17.7 Å². The summed E-state index contributed by atoms with van der Waals surface area (Å²) in [7, 11) is -3.42. The predicted molar refractivity (Wildman–Crippen MR) is 79.9 cm³/mol. The van der Waals surface area contributed by atoms with Gasteiger partial charge in [-0.15, -0.1) is 11.3 Å². The van der Waals surface area contributed by atoms with Crippen LogP contribution >= 0.6 is 11.3 Å². The van der Waals surface area contributed by atoms with Crippen LogP contribution in [0.5, 0.6) is 0 Å². The van der Waals surface area contributed by atoms with E-state index in [2.05, 4.69) is 0 Å². The fourth-order valence-electron chi connectivity index (χ4n) is 2.57. The third kappa shape index (κ3) is 2.47. The summed E-state index contributed by atoms with van der Waals surface area (Å²) >= 11 is 1.53. The summed E-state index contributed by atoms with van der Waals surface area (Å²) < 4.78 is 25.7. The second-order valence-electron chi connectivity index (χ2n) is 5.01. The number of hydrogen-bond acceptors (Lipinski definition) is 3. The van der Waals surface area contributed by atoms with Gasteiger partial charge in [0.25, 0.3) is 0 Å². The van der Waals surface area contributed by atoms with Gasteiger partial charge in [0, 0.05) is 9.75 Å². The van der Waals surface area contributed by atoms with E-state index in [-0.39, 0.29) is 0 Å². The second kappa shape index (κ2) is 4.76.